The van der Waals surface area contributed by atoms with Crippen molar-refractivity contribution in [2.24, 2.45) is 0 Å². The Labute approximate surface area is 162 Å². The van der Waals surface area contributed by atoms with E-state index in [2.05, 4.69) is 19.5 Å². The number of fused-ring (bicyclic) bond motifs is 1. The van der Waals surface area contributed by atoms with E-state index in [1.54, 1.807) is 0 Å². The van der Waals surface area contributed by atoms with E-state index in [1.165, 1.54) is 23.4 Å². The highest BCUT2D eigenvalue weighted by atomic mass is 32.1. The van der Waals surface area contributed by atoms with Gasteiger partial charge in [-0.3, -0.25) is 18.2 Å². The molecular formula is C11H17N4O11P3. The summed E-state index contributed by atoms with van der Waals surface area (Å²) in [5, 5.41) is 20.4. The minimum atomic E-state index is -5.40. The van der Waals surface area contributed by atoms with Crippen molar-refractivity contribution in [2.45, 2.75) is 24.5 Å². The molecule has 1 saturated heterocycles. The van der Waals surface area contributed by atoms with Crippen LogP contribution in [0.5, 0.6) is 0 Å². The van der Waals surface area contributed by atoms with Gasteiger partial charge in [-0.1, -0.05) is 0 Å². The summed E-state index contributed by atoms with van der Waals surface area (Å²) < 4.78 is 45.9. The normalized spacial score (nSPS) is 29.6. The molecule has 0 radical (unpaired) electrons. The largest absolute Gasteiger partial charge is 0.410 e. The Morgan fingerprint density at radius 2 is 1.79 bits per heavy atom. The van der Waals surface area contributed by atoms with Crippen LogP contribution in [0.4, 0.5) is 0 Å². The van der Waals surface area contributed by atoms with Gasteiger partial charge in [0.15, 0.2) is 11.9 Å². The number of hydrogen-bond acceptors (Lipinski definition) is 10. The highest BCUT2D eigenvalue weighted by Crippen LogP contribution is 2.80. The van der Waals surface area contributed by atoms with Crippen LogP contribution in [0.1, 0.15) is 6.23 Å². The molecule has 15 nitrogen and oxygen atoms in total. The Morgan fingerprint density at radius 1 is 1.10 bits per heavy atom. The maximum Gasteiger partial charge on any atom is 0.410 e. The number of aliphatic hydroxyl groups is 2. The van der Waals surface area contributed by atoms with Gasteiger partial charge in [0.05, 0.1) is 19.1 Å². The Kier molecular flexibility index (Phi) is 6.14. The van der Waals surface area contributed by atoms with Crippen molar-refractivity contribution in [1.82, 2.24) is 19.5 Å². The molecule has 2 aromatic heterocycles. The van der Waals surface area contributed by atoms with E-state index < -0.39 is 59.0 Å². The molecule has 1 aliphatic heterocycles. The minimum Gasteiger partial charge on any atom is -0.387 e. The molecule has 0 spiro atoms. The van der Waals surface area contributed by atoms with Crippen LogP contribution in [0.25, 0.3) is 11.2 Å². The van der Waals surface area contributed by atoms with Crippen LogP contribution >= 0.6 is 21.9 Å². The van der Waals surface area contributed by atoms with Gasteiger partial charge >= 0.3 is 21.9 Å². The summed E-state index contributed by atoms with van der Waals surface area (Å²) in [5.41, 5.74) is 0.642. The van der Waals surface area contributed by atoms with Crippen molar-refractivity contribution in [3.8, 4) is 0 Å². The standard InChI is InChI=1S/C11H17N4O11P3/c16-8-7(2-25-29(23,24)28(21,22)5-27(18,19)20)26-11(9(8)17)15-4-14-6-1-12-3-13-10(6)15/h1,3-4,7-9,11,16-17H,2,5H2,(H,21,22)(H,23,24)(H2,18,19,20)/t7-,8-,9-,11-/m0/s1. The van der Waals surface area contributed by atoms with Gasteiger partial charge in [-0.2, -0.15) is 0 Å². The number of aliphatic hydroxyl groups excluding tert-OH is 2. The quantitative estimate of drug-likeness (QED) is 0.263. The molecular weight excluding hydrogens is 457 g/mol. The average molecular weight is 474 g/mol. The number of hydrogen-bond donors (Lipinski definition) is 6. The number of aromatic nitrogens is 4. The average Bonchev–Trinajstić information content (AvgIpc) is 3.13. The smallest absolute Gasteiger partial charge is 0.387 e. The highest BCUT2D eigenvalue weighted by Gasteiger charge is 2.50. The molecule has 162 valence electrons. The van der Waals surface area contributed by atoms with Crippen molar-refractivity contribution in [3.63, 3.8) is 0 Å². The maximum absolute atomic E-state index is 12.0. The van der Waals surface area contributed by atoms with Crippen LogP contribution in [-0.4, -0.2) is 80.1 Å². The van der Waals surface area contributed by atoms with Crippen LogP contribution in [0.3, 0.4) is 0 Å². The first-order chi connectivity index (χ1) is 13.3. The molecule has 0 aliphatic carbocycles. The fraction of sp³-hybridized carbons (Fsp3) is 0.545. The van der Waals surface area contributed by atoms with Gasteiger partial charge in [0.25, 0.3) is 0 Å². The predicted molar refractivity (Wildman–Crippen MR) is 93.8 cm³/mol. The van der Waals surface area contributed by atoms with Gasteiger partial charge < -0.3 is 34.5 Å². The number of ether oxygens (including phenoxy) is 1. The third-order valence-corrected chi connectivity index (χ3v) is 12.1. The molecule has 0 saturated carbocycles. The molecule has 0 bridgehead atoms. The first-order valence-electron chi connectivity index (χ1n) is 7.81. The van der Waals surface area contributed by atoms with Gasteiger partial charge in [0, 0.05) is 0 Å². The Hall–Kier alpha value is -1.08. The molecule has 3 heterocycles. The molecule has 0 amide bonds. The van der Waals surface area contributed by atoms with Crippen LogP contribution in [-0.2, 0) is 23.0 Å². The summed E-state index contributed by atoms with van der Waals surface area (Å²) in [5.74, 6) is -1.76. The van der Waals surface area contributed by atoms with E-state index in [-0.39, 0.29) is 5.65 Å². The lowest BCUT2D eigenvalue weighted by Crippen LogP contribution is -2.33. The summed E-state index contributed by atoms with van der Waals surface area (Å²) >= 11 is 0. The summed E-state index contributed by atoms with van der Waals surface area (Å²) in [7, 11) is -15.8. The van der Waals surface area contributed by atoms with E-state index >= 15 is 0 Å². The van der Waals surface area contributed by atoms with Crippen molar-refractivity contribution in [1.29, 1.82) is 0 Å². The zero-order valence-corrected chi connectivity index (χ0v) is 17.0. The van der Waals surface area contributed by atoms with Gasteiger partial charge in [-0.25, -0.2) is 19.5 Å². The summed E-state index contributed by atoms with van der Waals surface area (Å²) in [6, 6.07) is 0. The van der Waals surface area contributed by atoms with E-state index in [0.717, 1.165) is 0 Å². The molecule has 0 aromatic carbocycles. The molecule has 6 N–H and O–H groups in total. The topological polar surface area (TPSA) is 235 Å². The van der Waals surface area contributed by atoms with Gasteiger partial charge in [0.1, 0.15) is 36.1 Å². The Balaban J connectivity index is 1.73. The fourth-order valence-electron chi connectivity index (χ4n) is 2.65. The summed E-state index contributed by atoms with van der Waals surface area (Å²) in [6.45, 7) is -0.921. The zero-order valence-electron chi connectivity index (χ0n) is 14.3. The third-order valence-electron chi connectivity index (χ3n) is 4.02. The van der Waals surface area contributed by atoms with E-state index in [1.807, 2.05) is 0 Å². The molecule has 2 aromatic rings. The third kappa shape index (κ3) is 4.66. The second-order valence-electron chi connectivity index (χ2n) is 6.19. The fourth-order valence-corrected chi connectivity index (χ4v) is 9.39. The number of nitrogens with zero attached hydrogens (tertiary/aromatic N) is 4. The second-order valence-corrected chi connectivity index (χ2v) is 14.6. The van der Waals surface area contributed by atoms with Gasteiger partial charge in [-0.15, -0.1) is 0 Å². The van der Waals surface area contributed by atoms with Crippen LogP contribution in [0, 0.1) is 0 Å². The Bertz CT molecular complexity index is 1040. The first kappa shape index (κ1) is 22.6. The number of rotatable bonds is 7. The number of imidazole rings is 1. The SMILES string of the molecule is O=P(O)(O)CP(=O)(O)P(=O)(O)OC[C@@H]1O[C@H](n2cnc3cncnc32)[C@@H](O)[C@H]1O. The van der Waals surface area contributed by atoms with Gasteiger partial charge in [-0.05, 0) is 0 Å². The van der Waals surface area contributed by atoms with Crippen LogP contribution in [0.2, 0.25) is 0 Å². The monoisotopic (exact) mass is 474 g/mol. The predicted octanol–water partition coefficient (Wildman–Crippen LogP) is -1.03. The van der Waals surface area contributed by atoms with Crippen molar-refractivity contribution < 1.29 is 52.7 Å². The lowest BCUT2D eigenvalue weighted by molar-refractivity contribution is -0.0480. The van der Waals surface area contributed by atoms with E-state index in [4.69, 9.17) is 14.5 Å². The molecule has 1 aliphatic rings. The Morgan fingerprint density at radius 3 is 2.45 bits per heavy atom. The van der Waals surface area contributed by atoms with E-state index in [9.17, 15) is 33.7 Å². The molecule has 29 heavy (non-hydrogen) atoms. The van der Waals surface area contributed by atoms with Crippen molar-refractivity contribution in [2.75, 3.05) is 12.5 Å². The lowest BCUT2D eigenvalue weighted by Gasteiger charge is -2.21. The van der Waals surface area contributed by atoms with Gasteiger partial charge in [0.2, 0.25) is 0 Å². The van der Waals surface area contributed by atoms with E-state index in [0.29, 0.717) is 5.52 Å². The molecule has 18 heteroatoms. The first-order valence-corrected chi connectivity index (χ1v) is 13.7. The molecule has 2 unspecified atom stereocenters. The minimum absolute atomic E-state index is 0.271. The molecule has 6 atom stereocenters. The van der Waals surface area contributed by atoms with Crippen molar-refractivity contribution >= 4 is 33.1 Å². The molecule has 3 rings (SSSR count). The summed E-state index contributed by atoms with van der Waals surface area (Å²) in [6.07, 6.45) is -1.90. The van der Waals surface area contributed by atoms with Crippen LogP contribution < -0.4 is 0 Å². The maximum atomic E-state index is 12.0. The van der Waals surface area contributed by atoms with Crippen molar-refractivity contribution in [3.05, 3.63) is 18.9 Å². The summed E-state index contributed by atoms with van der Waals surface area (Å²) in [4.78, 5) is 48.5. The van der Waals surface area contributed by atoms with Crippen LogP contribution in [0.15, 0.2) is 18.9 Å². The molecule has 1 fully saturated rings. The highest BCUT2D eigenvalue weighted by molar-refractivity contribution is 8.30. The zero-order chi connectivity index (χ0) is 21.6. The lowest BCUT2D eigenvalue weighted by atomic mass is 10.1. The second kappa shape index (κ2) is 7.88.